The molecule has 0 bridgehead atoms. The van der Waals surface area contributed by atoms with E-state index in [2.05, 4.69) is 19.8 Å². The summed E-state index contributed by atoms with van der Waals surface area (Å²) in [5.41, 5.74) is 2.39. The third-order valence-electron chi connectivity index (χ3n) is 3.59. The SMILES string of the molecule is Cc1ccc(S(=O)(=O)NC(C)c2nc(-c3cccc(C)n3)no2)cc1. The van der Waals surface area contributed by atoms with Crippen LogP contribution in [0, 0.1) is 13.8 Å². The summed E-state index contributed by atoms with van der Waals surface area (Å²) < 4.78 is 32.6. The fourth-order valence-corrected chi connectivity index (χ4v) is 3.45. The number of aromatic nitrogens is 3. The topological polar surface area (TPSA) is 98.0 Å². The number of pyridine rings is 1. The second kappa shape index (κ2) is 6.73. The number of hydrogen-bond donors (Lipinski definition) is 1. The first-order valence-electron chi connectivity index (χ1n) is 7.72. The van der Waals surface area contributed by atoms with Gasteiger partial charge in [0.1, 0.15) is 5.69 Å². The fourth-order valence-electron chi connectivity index (χ4n) is 2.25. The highest BCUT2D eigenvalue weighted by Gasteiger charge is 2.22. The van der Waals surface area contributed by atoms with Gasteiger partial charge in [-0.1, -0.05) is 28.9 Å². The van der Waals surface area contributed by atoms with Crippen molar-refractivity contribution >= 4 is 10.0 Å². The molecule has 0 saturated heterocycles. The average molecular weight is 358 g/mol. The Morgan fingerprint density at radius 1 is 1.04 bits per heavy atom. The summed E-state index contributed by atoms with van der Waals surface area (Å²) in [5, 5.41) is 3.88. The lowest BCUT2D eigenvalue weighted by molar-refractivity contribution is 0.353. The molecule has 0 aliphatic rings. The minimum atomic E-state index is -3.68. The van der Waals surface area contributed by atoms with Crippen LogP contribution in [-0.2, 0) is 10.0 Å². The first-order chi connectivity index (χ1) is 11.8. The minimum absolute atomic E-state index is 0.175. The van der Waals surface area contributed by atoms with Crippen molar-refractivity contribution in [3.05, 3.63) is 59.6 Å². The van der Waals surface area contributed by atoms with Gasteiger partial charge in [0.25, 0.3) is 0 Å². The molecule has 0 spiro atoms. The number of aryl methyl sites for hydroxylation is 2. The molecule has 0 saturated carbocycles. The van der Waals surface area contributed by atoms with Gasteiger partial charge in [-0.15, -0.1) is 0 Å². The van der Waals surface area contributed by atoms with E-state index in [1.54, 1.807) is 37.3 Å². The molecular formula is C17H18N4O3S. The zero-order chi connectivity index (χ0) is 18.0. The predicted molar refractivity (Wildman–Crippen MR) is 92.2 cm³/mol. The van der Waals surface area contributed by atoms with E-state index in [-0.39, 0.29) is 10.8 Å². The van der Waals surface area contributed by atoms with Gasteiger partial charge in [-0.3, -0.25) is 0 Å². The number of rotatable bonds is 5. The molecule has 1 unspecified atom stereocenters. The van der Waals surface area contributed by atoms with Crippen LogP contribution in [0.15, 0.2) is 51.9 Å². The van der Waals surface area contributed by atoms with Gasteiger partial charge in [-0.25, -0.2) is 13.4 Å². The average Bonchev–Trinajstić information content (AvgIpc) is 3.05. The standard InChI is InChI=1S/C17H18N4O3S/c1-11-7-9-14(10-8-11)25(22,23)21-13(3)17-19-16(20-24-17)15-6-4-5-12(2)18-15/h4-10,13,21H,1-3H3. The van der Waals surface area contributed by atoms with Gasteiger partial charge in [-0.05, 0) is 45.0 Å². The Kier molecular flexibility index (Phi) is 4.65. The Bertz CT molecular complexity index is 981. The monoisotopic (exact) mass is 358 g/mol. The predicted octanol–water partition coefficient (Wildman–Crippen LogP) is 2.79. The van der Waals surface area contributed by atoms with Gasteiger partial charge in [-0.2, -0.15) is 9.71 Å². The molecule has 1 atom stereocenters. The van der Waals surface area contributed by atoms with Crippen LogP contribution in [0.1, 0.15) is 30.1 Å². The summed E-state index contributed by atoms with van der Waals surface area (Å²) in [7, 11) is -3.68. The first-order valence-corrected chi connectivity index (χ1v) is 9.20. The van der Waals surface area contributed by atoms with Crippen molar-refractivity contribution in [3.8, 4) is 11.5 Å². The quantitative estimate of drug-likeness (QED) is 0.753. The van der Waals surface area contributed by atoms with Crippen LogP contribution in [0.2, 0.25) is 0 Å². The highest BCUT2D eigenvalue weighted by molar-refractivity contribution is 7.89. The lowest BCUT2D eigenvalue weighted by Crippen LogP contribution is -2.27. The highest BCUT2D eigenvalue weighted by atomic mass is 32.2. The molecule has 0 fully saturated rings. The molecule has 130 valence electrons. The molecule has 0 amide bonds. The molecule has 3 aromatic rings. The Balaban J connectivity index is 1.80. The van der Waals surface area contributed by atoms with E-state index >= 15 is 0 Å². The van der Waals surface area contributed by atoms with Gasteiger partial charge in [0.05, 0.1) is 10.9 Å². The van der Waals surface area contributed by atoms with Gasteiger partial charge in [0.15, 0.2) is 0 Å². The Labute approximate surface area is 146 Å². The second-order valence-electron chi connectivity index (χ2n) is 5.78. The van der Waals surface area contributed by atoms with Crippen LogP contribution >= 0.6 is 0 Å². The fraction of sp³-hybridized carbons (Fsp3) is 0.235. The molecule has 1 aromatic carbocycles. The van der Waals surface area contributed by atoms with E-state index in [0.717, 1.165) is 11.3 Å². The van der Waals surface area contributed by atoms with E-state index in [0.29, 0.717) is 11.5 Å². The molecule has 3 rings (SSSR count). The van der Waals surface area contributed by atoms with Crippen LogP contribution in [0.4, 0.5) is 0 Å². The second-order valence-corrected chi connectivity index (χ2v) is 7.49. The zero-order valence-electron chi connectivity index (χ0n) is 14.1. The highest BCUT2D eigenvalue weighted by Crippen LogP contribution is 2.19. The van der Waals surface area contributed by atoms with Gasteiger partial charge >= 0.3 is 0 Å². The first kappa shape index (κ1) is 17.2. The number of hydrogen-bond acceptors (Lipinski definition) is 6. The summed E-state index contributed by atoms with van der Waals surface area (Å²) in [6.45, 7) is 5.40. The van der Waals surface area contributed by atoms with E-state index in [1.165, 1.54) is 0 Å². The summed E-state index contributed by atoms with van der Waals surface area (Å²) in [6, 6.07) is 11.4. The van der Waals surface area contributed by atoms with E-state index < -0.39 is 16.1 Å². The Morgan fingerprint density at radius 3 is 2.44 bits per heavy atom. The normalized spacial score (nSPS) is 12.9. The summed E-state index contributed by atoms with van der Waals surface area (Å²) in [4.78, 5) is 8.75. The molecule has 0 radical (unpaired) electrons. The molecular weight excluding hydrogens is 340 g/mol. The van der Waals surface area contributed by atoms with Crippen molar-refractivity contribution in [3.63, 3.8) is 0 Å². The number of sulfonamides is 1. The lowest BCUT2D eigenvalue weighted by atomic mass is 10.2. The molecule has 2 aromatic heterocycles. The van der Waals surface area contributed by atoms with Crippen LogP contribution in [0.3, 0.4) is 0 Å². The molecule has 25 heavy (non-hydrogen) atoms. The minimum Gasteiger partial charge on any atom is -0.337 e. The third-order valence-corrected chi connectivity index (χ3v) is 5.15. The van der Waals surface area contributed by atoms with Crippen LogP contribution in [0.25, 0.3) is 11.5 Å². The number of nitrogens with one attached hydrogen (secondary N) is 1. The van der Waals surface area contributed by atoms with E-state index in [4.69, 9.17) is 4.52 Å². The third kappa shape index (κ3) is 3.92. The molecule has 7 nitrogen and oxygen atoms in total. The molecule has 1 N–H and O–H groups in total. The number of benzene rings is 1. The van der Waals surface area contributed by atoms with Crippen LogP contribution in [-0.4, -0.2) is 23.5 Å². The van der Waals surface area contributed by atoms with Crippen molar-refractivity contribution in [2.75, 3.05) is 0 Å². The molecule has 0 aliphatic heterocycles. The largest absolute Gasteiger partial charge is 0.337 e. The zero-order valence-corrected chi connectivity index (χ0v) is 14.9. The van der Waals surface area contributed by atoms with Crippen LogP contribution < -0.4 is 4.72 Å². The van der Waals surface area contributed by atoms with E-state index in [9.17, 15) is 8.42 Å². The Morgan fingerprint density at radius 2 is 1.76 bits per heavy atom. The van der Waals surface area contributed by atoms with Crippen molar-refractivity contribution in [1.82, 2.24) is 19.8 Å². The van der Waals surface area contributed by atoms with Crippen molar-refractivity contribution in [2.24, 2.45) is 0 Å². The van der Waals surface area contributed by atoms with Gasteiger partial charge in [0, 0.05) is 5.69 Å². The maximum atomic E-state index is 12.4. The Hall–Kier alpha value is -2.58. The maximum Gasteiger partial charge on any atom is 0.244 e. The van der Waals surface area contributed by atoms with Gasteiger partial charge in [0.2, 0.25) is 21.7 Å². The van der Waals surface area contributed by atoms with Gasteiger partial charge < -0.3 is 4.52 Å². The number of nitrogens with zero attached hydrogens (tertiary/aromatic N) is 3. The molecule has 8 heteroatoms. The van der Waals surface area contributed by atoms with E-state index in [1.807, 2.05) is 26.0 Å². The summed E-state index contributed by atoms with van der Waals surface area (Å²) in [5.74, 6) is 0.495. The molecule has 2 heterocycles. The smallest absolute Gasteiger partial charge is 0.244 e. The van der Waals surface area contributed by atoms with Crippen molar-refractivity contribution < 1.29 is 12.9 Å². The lowest BCUT2D eigenvalue weighted by Gasteiger charge is -2.10. The van der Waals surface area contributed by atoms with Crippen molar-refractivity contribution in [1.29, 1.82) is 0 Å². The molecule has 0 aliphatic carbocycles. The maximum absolute atomic E-state index is 12.4. The van der Waals surface area contributed by atoms with Crippen LogP contribution in [0.5, 0.6) is 0 Å². The van der Waals surface area contributed by atoms with Crippen molar-refractivity contribution in [2.45, 2.75) is 31.7 Å². The summed E-state index contributed by atoms with van der Waals surface area (Å²) >= 11 is 0. The summed E-state index contributed by atoms with van der Waals surface area (Å²) in [6.07, 6.45) is 0.